The fourth-order valence-corrected chi connectivity index (χ4v) is 3.70. The van der Waals surface area contributed by atoms with Crippen LogP contribution in [-0.4, -0.2) is 29.7 Å². The zero-order chi connectivity index (χ0) is 14.9. The molecule has 0 saturated heterocycles. The number of anilines is 1. The van der Waals surface area contributed by atoms with E-state index in [1.807, 2.05) is 6.07 Å². The number of sulfonamides is 1. The third-order valence-corrected chi connectivity index (χ3v) is 4.89. The summed E-state index contributed by atoms with van der Waals surface area (Å²) in [7, 11) is -1.83. The number of rotatable bonds is 4. The van der Waals surface area contributed by atoms with Crippen LogP contribution in [0.15, 0.2) is 29.4 Å². The van der Waals surface area contributed by atoms with Crippen LogP contribution >= 0.6 is 0 Å². The lowest BCUT2D eigenvalue weighted by atomic mass is 10.0. The van der Waals surface area contributed by atoms with E-state index in [1.165, 1.54) is 11.0 Å². The van der Waals surface area contributed by atoms with Crippen LogP contribution in [0.2, 0.25) is 0 Å². The lowest BCUT2D eigenvalue weighted by Crippen LogP contribution is -2.26. The molecule has 8 heteroatoms. The Labute approximate surface area is 123 Å². The summed E-state index contributed by atoms with van der Waals surface area (Å²) < 4.78 is 29.1. The summed E-state index contributed by atoms with van der Waals surface area (Å²) in [6.07, 6.45) is 3.24. The average Bonchev–Trinajstić information content (AvgIpc) is 2.90. The molecule has 1 aromatic heterocycles. The standard InChI is InChI=1S/C13H17N5O2S/c1-18-9-15-13(17-18)8-16-21(19,20)12-6-2-5-11-10(12)4-3-7-14-11/h2,5-6,9,14,16H,3-4,7-8H2,1H3. The molecule has 112 valence electrons. The van der Waals surface area contributed by atoms with Crippen molar-refractivity contribution in [3.63, 3.8) is 0 Å². The Hall–Kier alpha value is -1.93. The van der Waals surface area contributed by atoms with Crippen molar-refractivity contribution in [2.24, 2.45) is 7.05 Å². The number of fused-ring (bicyclic) bond motifs is 1. The van der Waals surface area contributed by atoms with Crippen molar-refractivity contribution in [3.8, 4) is 0 Å². The summed E-state index contributed by atoms with van der Waals surface area (Å²) in [4.78, 5) is 4.35. The fourth-order valence-electron chi connectivity index (χ4n) is 2.43. The van der Waals surface area contributed by atoms with Gasteiger partial charge in [-0.1, -0.05) is 6.07 Å². The Morgan fingerprint density at radius 1 is 1.43 bits per heavy atom. The summed E-state index contributed by atoms with van der Waals surface area (Å²) in [5.41, 5.74) is 1.75. The highest BCUT2D eigenvalue weighted by atomic mass is 32.2. The first-order valence-electron chi connectivity index (χ1n) is 6.76. The van der Waals surface area contributed by atoms with E-state index in [2.05, 4.69) is 20.1 Å². The van der Waals surface area contributed by atoms with Gasteiger partial charge in [-0.2, -0.15) is 5.10 Å². The van der Waals surface area contributed by atoms with E-state index >= 15 is 0 Å². The highest BCUT2D eigenvalue weighted by molar-refractivity contribution is 7.89. The fraction of sp³-hybridized carbons (Fsp3) is 0.385. The number of hydrogen-bond acceptors (Lipinski definition) is 5. The van der Waals surface area contributed by atoms with Crippen molar-refractivity contribution in [1.82, 2.24) is 19.5 Å². The molecular weight excluding hydrogens is 290 g/mol. The maximum atomic E-state index is 12.5. The molecule has 1 aromatic carbocycles. The molecule has 0 atom stereocenters. The molecule has 0 bridgehead atoms. The lowest BCUT2D eigenvalue weighted by Gasteiger charge is -2.20. The largest absolute Gasteiger partial charge is 0.385 e. The third kappa shape index (κ3) is 2.91. The zero-order valence-corrected chi connectivity index (χ0v) is 12.5. The van der Waals surface area contributed by atoms with E-state index in [-0.39, 0.29) is 6.54 Å². The normalized spacial score (nSPS) is 14.5. The average molecular weight is 307 g/mol. The Kier molecular flexibility index (Phi) is 3.64. The van der Waals surface area contributed by atoms with Crippen LogP contribution in [-0.2, 0) is 30.0 Å². The quantitative estimate of drug-likeness (QED) is 0.866. The molecule has 0 saturated carbocycles. The zero-order valence-electron chi connectivity index (χ0n) is 11.7. The molecule has 0 unspecified atom stereocenters. The SMILES string of the molecule is Cn1cnc(CNS(=O)(=O)c2cccc3c2CCCN3)n1. The van der Waals surface area contributed by atoms with Gasteiger partial charge in [-0.05, 0) is 30.5 Å². The van der Waals surface area contributed by atoms with E-state index in [1.54, 1.807) is 19.2 Å². The monoisotopic (exact) mass is 307 g/mol. The summed E-state index contributed by atoms with van der Waals surface area (Å²) in [6.45, 7) is 0.960. The van der Waals surface area contributed by atoms with Gasteiger partial charge >= 0.3 is 0 Å². The van der Waals surface area contributed by atoms with Gasteiger partial charge in [-0.3, -0.25) is 4.68 Å². The Balaban J connectivity index is 1.85. The van der Waals surface area contributed by atoms with Gasteiger partial charge in [0.1, 0.15) is 6.33 Å². The smallest absolute Gasteiger partial charge is 0.241 e. The molecule has 2 N–H and O–H groups in total. The first-order chi connectivity index (χ1) is 10.1. The molecule has 1 aliphatic heterocycles. The highest BCUT2D eigenvalue weighted by Crippen LogP contribution is 2.28. The van der Waals surface area contributed by atoms with Crippen molar-refractivity contribution >= 4 is 15.7 Å². The van der Waals surface area contributed by atoms with Crippen LogP contribution in [0.25, 0.3) is 0 Å². The molecule has 0 aliphatic carbocycles. The number of aromatic nitrogens is 3. The molecule has 3 rings (SSSR count). The van der Waals surface area contributed by atoms with Gasteiger partial charge in [-0.25, -0.2) is 18.1 Å². The maximum absolute atomic E-state index is 12.5. The van der Waals surface area contributed by atoms with Gasteiger partial charge in [-0.15, -0.1) is 0 Å². The second kappa shape index (κ2) is 5.45. The molecule has 0 radical (unpaired) electrons. The van der Waals surface area contributed by atoms with Crippen molar-refractivity contribution in [2.75, 3.05) is 11.9 Å². The van der Waals surface area contributed by atoms with Crippen LogP contribution in [0.5, 0.6) is 0 Å². The van der Waals surface area contributed by atoms with E-state index in [4.69, 9.17) is 0 Å². The second-order valence-electron chi connectivity index (χ2n) is 4.97. The van der Waals surface area contributed by atoms with Gasteiger partial charge in [0.2, 0.25) is 10.0 Å². The minimum atomic E-state index is -3.57. The Morgan fingerprint density at radius 3 is 3.05 bits per heavy atom. The number of nitrogens with one attached hydrogen (secondary N) is 2. The molecule has 2 aromatic rings. The maximum Gasteiger partial charge on any atom is 0.241 e. The predicted octanol–water partition coefficient (Wildman–Crippen LogP) is 0.652. The van der Waals surface area contributed by atoms with E-state index in [0.29, 0.717) is 10.7 Å². The van der Waals surface area contributed by atoms with E-state index in [0.717, 1.165) is 30.6 Å². The molecule has 0 fully saturated rings. The van der Waals surface area contributed by atoms with Crippen LogP contribution in [0.4, 0.5) is 5.69 Å². The minimum absolute atomic E-state index is 0.0836. The molecular formula is C13H17N5O2S. The first kappa shape index (κ1) is 14.0. The molecule has 0 spiro atoms. The molecule has 21 heavy (non-hydrogen) atoms. The van der Waals surface area contributed by atoms with Crippen molar-refractivity contribution in [1.29, 1.82) is 0 Å². The van der Waals surface area contributed by atoms with Crippen LogP contribution in [0.3, 0.4) is 0 Å². The molecule has 2 heterocycles. The Bertz CT molecular complexity index is 754. The summed E-state index contributed by atoms with van der Waals surface area (Å²) >= 11 is 0. The summed E-state index contributed by atoms with van der Waals surface area (Å²) in [5.74, 6) is 0.448. The topological polar surface area (TPSA) is 88.9 Å². The van der Waals surface area contributed by atoms with Gasteiger partial charge < -0.3 is 5.32 Å². The van der Waals surface area contributed by atoms with Crippen LogP contribution in [0.1, 0.15) is 17.8 Å². The van der Waals surface area contributed by atoms with Gasteiger partial charge in [0.15, 0.2) is 5.82 Å². The highest BCUT2D eigenvalue weighted by Gasteiger charge is 2.22. The molecule has 1 aliphatic rings. The number of aryl methyl sites for hydroxylation is 1. The van der Waals surface area contributed by atoms with E-state index < -0.39 is 10.0 Å². The van der Waals surface area contributed by atoms with Gasteiger partial charge in [0, 0.05) is 19.3 Å². The third-order valence-electron chi connectivity index (χ3n) is 3.41. The number of benzene rings is 1. The first-order valence-corrected chi connectivity index (χ1v) is 8.24. The number of hydrogen-bond donors (Lipinski definition) is 2. The summed E-state index contributed by atoms with van der Waals surface area (Å²) in [5, 5.41) is 7.29. The van der Waals surface area contributed by atoms with Gasteiger partial charge in [0.05, 0.1) is 11.4 Å². The van der Waals surface area contributed by atoms with Crippen LogP contribution in [0, 0.1) is 0 Å². The predicted molar refractivity (Wildman–Crippen MR) is 78.3 cm³/mol. The summed E-state index contributed by atoms with van der Waals surface area (Å²) in [6, 6.07) is 5.30. The number of nitrogens with zero attached hydrogens (tertiary/aromatic N) is 3. The van der Waals surface area contributed by atoms with Crippen molar-refractivity contribution in [2.45, 2.75) is 24.3 Å². The lowest BCUT2D eigenvalue weighted by molar-refractivity contribution is 0.577. The van der Waals surface area contributed by atoms with Crippen molar-refractivity contribution < 1.29 is 8.42 Å². The van der Waals surface area contributed by atoms with Gasteiger partial charge in [0.25, 0.3) is 0 Å². The molecule has 0 amide bonds. The van der Waals surface area contributed by atoms with Crippen molar-refractivity contribution in [3.05, 3.63) is 35.9 Å². The minimum Gasteiger partial charge on any atom is -0.385 e. The molecule has 7 nitrogen and oxygen atoms in total. The van der Waals surface area contributed by atoms with E-state index in [9.17, 15) is 8.42 Å². The second-order valence-corrected chi connectivity index (χ2v) is 6.71. The van der Waals surface area contributed by atoms with Crippen LogP contribution < -0.4 is 10.0 Å². The Morgan fingerprint density at radius 2 is 2.29 bits per heavy atom.